The van der Waals surface area contributed by atoms with Gasteiger partial charge in [-0.05, 0) is 74.3 Å². The Hall–Kier alpha value is -3.92. The molecule has 1 saturated heterocycles. The average molecular weight is 561 g/mol. The lowest BCUT2D eigenvalue weighted by atomic mass is 9.99. The Kier molecular flexibility index (Phi) is 8.11. The van der Waals surface area contributed by atoms with Gasteiger partial charge >= 0.3 is 0 Å². The molecule has 1 aromatic heterocycles. The molecule has 10 heteroatoms. The SMILES string of the molecule is Cc1cccc(Cl)c1NC(=O)c1cnc(Nc2cc(C(=O)NC3CCNCC3)cc(-c3ccccc3N)c2)s1. The number of benzene rings is 3. The molecule has 39 heavy (non-hydrogen) atoms. The Morgan fingerprint density at radius 2 is 1.85 bits per heavy atom. The van der Waals surface area contributed by atoms with Crippen LogP contribution in [-0.2, 0) is 0 Å². The van der Waals surface area contributed by atoms with Crippen molar-refractivity contribution in [2.45, 2.75) is 25.8 Å². The zero-order chi connectivity index (χ0) is 27.4. The number of halogens is 1. The van der Waals surface area contributed by atoms with Crippen LogP contribution >= 0.6 is 22.9 Å². The first-order valence-corrected chi connectivity index (χ1v) is 13.9. The highest BCUT2D eigenvalue weighted by atomic mass is 35.5. The quantitative estimate of drug-likeness (QED) is 0.181. The maximum Gasteiger partial charge on any atom is 0.267 e. The summed E-state index contributed by atoms with van der Waals surface area (Å²) in [5.74, 6) is -0.444. The number of anilines is 4. The number of rotatable bonds is 7. The van der Waals surface area contributed by atoms with Crippen LogP contribution in [0.15, 0.2) is 66.9 Å². The minimum atomic E-state index is -0.301. The van der Waals surface area contributed by atoms with E-state index in [1.54, 1.807) is 12.1 Å². The normalized spacial score (nSPS) is 13.6. The average Bonchev–Trinajstić information content (AvgIpc) is 3.40. The van der Waals surface area contributed by atoms with Gasteiger partial charge in [0, 0.05) is 28.5 Å². The first-order valence-electron chi connectivity index (χ1n) is 12.7. The van der Waals surface area contributed by atoms with E-state index >= 15 is 0 Å². The van der Waals surface area contributed by atoms with Crippen LogP contribution in [0.2, 0.25) is 5.02 Å². The highest BCUT2D eigenvalue weighted by Crippen LogP contribution is 2.32. The number of hydrogen-bond acceptors (Lipinski definition) is 7. The maximum absolute atomic E-state index is 13.2. The van der Waals surface area contributed by atoms with Crippen molar-refractivity contribution in [2.24, 2.45) is 0 Å². The predicted molar refractivity (Wildman–Crippen MR) is 159 cm³/mol. The molecule has 1 fully saturated rings. The van der Waals surface area contributed by atoms with Crippen molar-refractivity contribution >= 4 is 56.9 Å². The third-order valence-corrected chi connectivity index (χ3v) is 7.81. The summed E-state index contributed by atoms with van der Waals surface area (Å²) in [5.41, 5.74) is 11.1. The molecular weight excluding hydrogens is 532 g/mol. The highest BCUT2D eigenvalue weighted by molar-refractivity contribution is 7.17. The second-order valence-electron chi connectivity index (χ2n) is 9.42. The van der Waals surface area contributed by atoms with Gasteiger partial charge in [-0.1, -0.05) is 53.3 Å². The third kappa shape index (κ3) is 6.39. The zero-order valence-corrected chi connectivity index (χ0v) is 23.0. The molecule has 0 atom stereocenters. The van der Waals surface area contributed by atoms with Crippen molar-refractivity contribution in [3.05, 3.63) is 87.9 Å². The summed E-state index contributed by atoms with van der Waals surface area (Å²) in [6, 6.07) is 18.7. The van der Waals surface area contributed by atoms with E-state index in [-0.39, 0.29) is 17.9 Å². The third-order valence-electron chi connectivity index (χ3n) is 6.58. The second kappa shape index (κ2) is 11.9. The largest absolute Gasteiger partial charge is 0.398 e. The van der Waals surface area contributed by atoms with Crippen molar-refractivity contribution < 1.29 is 9.59 Å². The summed E-state index contributed by atoms with van der Waals surface area (Å²) in [5, 5.41) is 13.6. The standard InChI is InChI=1S/C29H29ClN6O2S/c1-17-5-4-7-23(30)26(17)36-28(38)25-16-33-29(39-25)35-21-14-18(22-6-2-3-8-24(22)31)13-19(15-21)27(37)34-20-9-11-32-12-10-20/h2-8,13-16,20,32H,9-12,31H2,1H3,(H,33,35)(H,34,37)(H,36,38). The summed E-state index contributed by atoms with van der Waals surface area (Å²) in [7, 11) is 0. The Balaban J connectivity index is 1.40. The van der Waals surface area contributed by atoms with Crippen LogP contribution in [0.3, 0.4) is 0 Å². The summed E-state index contributed by atoms with van der Waals surface area (Å²) >= 11 is 7.47. The van der Waals surface area contributed by atoms with E-state index in [1.807, 2.05) is 55.5 Å². The van der Waals surface area contributed by atoms with Crippen LogP contribution < -0.4 is 27.0 Å². The summed E-state index contributed by atoms with van der Waals surface area (Å²) in [6.07, 6.45) is 3.29. The molecule has 4 aromatic rings. The summed E-state index contributed by atoms with van der Waals surface area (Å²) < 4.78 is 0. The van der Waals surface area contributed by atoms with E-state index in [9.17, 15) is 9.59 Å². The number of amides is 2. The van der Waals surface area contributed by atoms with Crippen molar-refractivity contribution in [1.82, 2.24) is 15.6 Å². The lowest BCUT2D eigenvalue weighted by Gasteiger charge is -2.24. The van der Waals surface area contributed by atoms with E-state index in [1.165, 1.54) is 17.5 Å². The fraction of sp³-hybridized carbons (Fsp3) is 0.207. The van der Waals surface area contributed by atoms with Gasteiger partial charge in [0.05, 0.1) is 16.9 Å². The minimum absolute atomic E-state index is 0.127. The number of nitrogens with two attached hydrogens (primary N) is 1. The number of thiazole rings is 1. The number of hydrogen-bond donors (Lipinski definition) is 5. The predicted octanol–water partition coefficient (Wildman–Crippen LogP) is 5.83. The van der Waals surface area contributed by atoms with E-state index in [0.29, 0.717) is 37.7 Å². The van der Waals surface area contributed by atoms with Gasteiger partial charge in [-0.15, -0.1) is 0 Å². The van der Waals surface area contributed by atoms with E-state index in [4.69, 9.17) is 17.3 Å². The minimum Gasteiger partial charge on any atom is -0.398 e. The molecule has 0 aliphatic carbocycles. The lowest BCUT2D eigenvalue weighted by molar-refractivity contribution is 0.0929. The van der Waals surface area contributed by atoms with Gasteiger partial charge in [0.25, 0.3) is 11.8 Å². The Morgan fingerprint density at radius 3 is 2.62 bits per heavy atom. The first-order chi connectivity index (χ1) is 18.9. The smallest absolute Gasteiger partial charge is 0.267 e. The number of piperidine rings is 1. The summed E-state index contributed by atoms with van der Waals surface area (Å²) in [6.45, 7) is 3.65. The van der Waals surface area contributed by atoms with Crippen LogP contribution in [0.1, 0.15) is 38.4 Å². The number of carbonyl (C=O) groups excluding carboxylic acids is 2. The van der Waals surface area contributed by atoms with Crippen LogP contribution in [0.5, 0.6) is 0 Å². The maximum atomic E-state index is 13.2. The van der Waals surface area contributed by atoms with Gasteiger partial charge in [0.1, 0.15) is 4.88 Å². The van der Waals surface area contributed by atoms with Gasteiger partial charge in [0.2, 0.25) is 0 Å². The first kappa shape index (κ1) is 26.7. The monoisotopic (exact) mass is 560 g/mol. The number of aryl methyl sites for hydroxylation is 1. The molecule has 1 aliphatic rings. The second-order valence-corrected chi connectivity index (χ2v) is 10.9. The van der Waals surface area contributed by atoms with E-state index in [2.05, 4.69) is 26.3 Å². The molecule has 0 spiro atoms. The Bertz CT molecular complexity index is 1500. The lowest BCUT2D eigenvalue weighted by Crippen LogP contribution is -2.42. The van der Waals surface area contributed by atoms with Crippen molar-refractivity contribution in [1.29, 1.82) is 0 Å². The number of aromatic nitrogens is 1. The molecule has 2 heterocycles. The van der Waals surface area contributed by atoms with Crippen molar-refractivity contribution in [3.8, 4) is 11.1 Å². The molecular formula is C29H29ClN6O2S. The molecule has 0 unspecified atom stereocenters. The van der Waals surface area contributed by atoms with Gasteiger partial charge in [-0.25, -0.2) is 4.98 Å². The van der Waals surface area contributed by atoms with Crippen LogP contribution in [0.25, 0.3) is 11.1 Å². The molecule has 8 nitrogen and oxygen atoms in total. The number of nitrogen functional groups attached to an aromatic ring is 1. The molecule has 2 amide bonds. The van der Waals surface area contributed by atoms with Gasteiger partial charge in [-0.2, -0.15) is 0 Å². The van der Waals surface area contributed by atoms with Gasteiger partial charge < -0.3 is 27.0 Å². The number of nitrogens with zero attached hydrogens (tertiary/aromatic N) is 1. The van der Waals surface area contributed by atoms with Crippen molar-refractivity contribution in [3.63, 3.8) is 0 Å². The van der Waals surface area contributed by atoms with E-state index in [0.717, 1.165) is 42.6 Å². The Morgan fingerprint density at radius 1 is 1.05 bits per heavy atom. The number of carbonyl (C=O) groups is 2. The molecule has 0 radical (unpaired) electrons. The molecule has 0 saturated carbocycles. The highest BCUT2D eigenvalue weighted by Gasteiger charge is 2.19. The topological polar surface area (TPSA) is 121 Å². The molecule has 5 rings (SSSR count). The zero-order valence-electron chi connectivity index (χ0n) is 21.4. The van der Waals surface area contributed by atoms with Crippen LogP contribution in [-0.4, -0.2) is 35.9 Å². The fourth-order valence-corrected chi connectivity index (χ4v) is 5.51. The van der Waals surface area contributed by atoms with E-state index < -0.39 is 0 Å². The van der Waals surface area contributed by atoms with Gasteiger partial charge in [-0.3, -0.25) is 9.59 Å². The van der Waals surface area contributed by atoms with Crippen LogP contribution in [0.4, 0.5) is 22.2 Å². The van der Waals surface area contributed by atoms with Crippen LogP contribution in [0, 0.1) is 6.92 Å². The Labute approximate surface area is 236 Å². The summed E-state index contributed by atoms with van der Waals surface area (Å²) in [4.78, 5) is 30.9. The van der Waals surface area contributed by atoms with Crippen molar-refractivity contribution in [2.75, 3.05) is 29.5 Å². The molecule has 3 aromatic carbocycles. The van der Waals surface area contributed by atoms with Gasteiger partial charge in [0.15, 0.2) is 5.13 Å². The molecule has 0 bridgehead atoms. The number of para-hydroxylation sites is 2. The fourth-order valence-electron chi connectivity index (χ4n) is 4.51. The molecule has 6 N–H and O–H groups in total. The molecule has 1 aliphatic heterocycles. The number of nitrogens with one attached hydrogen (secondary N) is 4. The molecule has 200 valence electrons.